The van der Waals surface area contributed by atoms with E-state index in [1.54, 1.807) is 6.92 Å². The summed E-state index contributed by atoms with van der Waals surface area (Å²) >= 11 is 0. The van der Waals surface area contributed by atoms with Crippen molar-refractivity contribution in [2.45, 2.75) is 6.92 Å². The molecule has 1 saturated heterocycles. The van der Waals surface area contributed by atoms with Crippen LogP contribution in [0.2, 0.25) is 0 Å². The van der Waals surface area contributed by atoms with Gasteiger partial charge in [0.25, 0.3) is 0 Å². The normalized spacial score (nSPS) is 23.0. The van der Waals surface area contributed by atoms with Crippen molar-refractivity contribution in [2.75, 3.05) is 6.61 Å². The lowest BCUT2D eigenvalue weighted by molar-refractivity contribution is -0.135. The van der Waals surface area contributed by atoms with Gasteiger partial charge in [-0.05, 0) is 6.92 Å². The molecule has 0 aromatic rings. The molecule has 0 spiro atoms. The molecule has 0 bridgehead atoms. The van der Waals surface area contributed by atoms with E-state index in [0.29, 0.717) is 0 Å². The molecule has 48 valence electrons. The molecule has 1 aliphatic rings. The lowest BCUT2D eigenvalue weighted by Gasteiger charge is -1.82. The van der Waals surface area contributed by atoms with Crippen molar-refractivity contribution in [2.24, 2.45) is 0 Å². The SMILES string of the molecule is C/C=C1/C(=O)COC1=O. The number of hydrogen-bond acceptors (Lipinski definition) is 3. The van der Waals surface area contributed by atoms with Crippen LogP contribution < -0.4 is 0 Å². The third-order valence-electron chi connectivity index (χ3n) is 1.14. The Labute approximate surface area is 52.3 Å². The standard InChI is InChI=1S/C6H6O3/c1-2-4-5(7)3-9-6(4)8/h2H,3H2,1H3/b4-2-. The fourth-order valence-corrected chi connectivity index (χ4v) is 0.679. The van der Waals surface area contributed by atoms with Crippen molar-refractivity contribution < 1.29 is 14.3 Å². The van der Waals surface area contributed by atoms with Crippen LogP contribution in [-0.4, -0.2) is 18.4 Å². The molecule has 1 aliphatic heterocycles. The van der Waals surface area contributed by atoms with E-state index in [9.17, 15) is 9.59 Å². The monoisotopic (exact) mass is 126 g/mol. The van der Waals surface area contributed by atoms with E-state index in [1.165, 1.54) is 6.08 Å². The van der Waals surface area contributed by atoms with Gasteiger partial charge in [-0.15, -0.1) is 0 Å². The second kappa shape index (κ2) is 2.01. The largest absolute Gasteiger partial charge is 0.454 e. The minimum absolute atomic E-state index is 0.0848. The predicted molar refractivity (Wildman–Crippen MR) is 29.7 cm³/mol. The highest BCUT2D eigenvalue weighted by atomic mass is 16.5. The molecule has 0 amide bonds. The predicted octanol–water partition coefficient (Wildman–Crippen LogP) is 0.0586. The van der Waals surface area contributed by atoms with Crippen molar-refractivity contribution in [3.8, 4) is 0 Å². The summed E-state index contributed by atoms with van der Waals surface area (Å²) in [5.41, 5.74) is 0.176. The van der Waals surface area contributed by atoms with Crippen molar-refractivity contribution in [1.82, 2.24) is 0 Å². The zero-order valence-electron chi connectivity index (χ0n) is 5.01. The lowest BCUT2D eigenvalue weighted by atomic mass is 10.2. The first-order chi connectivity index (χ1) is 4.25. The van der Waals surface area contributed by atoms with E-state index >= 15 is 0 Å². The van der Waals surface area contributed by atoms with Gasteiger partial charge in [-0.25, -0.2) is 4.79 Å². The van der Waals surface area contributed by atoms with Crippen LogP contribution in [0.25, 0.3) is 0 Å². The number of ether oxygens (including phenoxy) is 1. The Morgan fingerprint density at radius 2 is 2.22 bits per heavy atom. The lowest BCUT2D eigenvalue weighted by Crippen LogP contribution is -1.99. The molecule has 0 atom stereocenters. The highest BCUT2D eigenvalue weighted by Crippen LogP contribution is 2.07. The average Bonchev–Trinajstić information content (AvgIpc) is 2.12. The number of rotatable bonds is 0. The molecule has 0 unspecified atom stereocenters. The molecule has 0 aromatic carbocycles. The summed E-state index contributed by atoms with van der Waals surface area (Å²) in [4.78, 5) is 21.1. The first-order valence-electron chi connectivity index (χ1n) is 2.62. The molecule has 9 heavy (non-hydrogen) atoms. The number of ketones is 1. The third-order valence-corrected chi connectivity index (χ3v) is 1.14. The topological polar surface area (TPSA) is 43.4 Å². The van der Waals surface area contributed by atoms with Crippen LogP contribution in [0.15, 0.2) is 11.6 Å². The van der Waals surface area contributed by atoms with Crippen LogP contribution >= 0.6 is 0 Å². The van der Waals surface area contributed by atoms with Crippen LogP contribution in [-0.2, 0) is 14.3 Å². The smallest absolute Gasteiger partial charge is 0.342 e. The number of allylic oxidation sites excluding steroid dienone is 1. The fraction of sp³-hybridized carbons (Fsp3) is 0.333. The summed E-state index contributed by atoms with van der Waals surface area (Å²) < 4.78 is 4.41. The number of Topliss-reactive ketones (excluding diaryl/α,β-unsaturated/α-hetero) is 1. The molecule has 0 saturated carbocycles. The summed E-state index contributed by atoms with van der Waals surface area (Å²) in [6, 6.07) is 0. The van der Waals surface area contributed by atoms with E-state index in [1.807, 2.05) is 0 Å². The molecule has 0 aliphatic carbocycles. The molecule has 0 aromatic heterocycles. The van der Waals surface area contributed by atoms with Crippen LogP contribution in [0.3, 0.4) is 0 Å². The minimum Gasteiger partial charge on any atom is -0.454 e. The highest BCUT2D eigenvalue weighted by Gasteiger charge is 2.26. The van der Waals surface area contributed by atoms with Gasteiger partial charge >= 0.3 is 5.97 Å². The van der Waals surface area contributed by atoms with Gasteiger partial charge in [0.05, 0.1) is 0 Å². The first-order valence-corrected chi connectivity index (χ1v) is 2.62. The summed E-state index contributed by atoms with van der Waals surface area (Å²) in [6.07, 6.45) is 1.47. The van der Waals surface area contributed by atoms with Gasteiger partial charge in [0, 0.05) is 0 Å². The Hall–Kier alpha value is -1.12. The van der Waals surface area contributed by atoms with E-state index in [4.69, 9.17) is 0 Å². The van der Waals surface area contributed by atoms with Crippen molar-refractivity contribution in [1.29, 1.82) is 0 Å². The number of esters is 1. The Kier molecular flexibility index (Phi) is 1.34. The van der Waals surface area contributed by atoms with E-state index in [-0.39, 0.29) is 18.0 Å². The zero-order chi connectivity index (χ0) is 6.85. The van der Waals surface area contributed by atoms with Gasteiger partial charge in [0.15, 0.2) is 6.61 Å². The maximum Gasteiger partial charge on any atom is 0.342 e. The molecule has 1 fully saturated rings. The summed E-state index contributed by atoms with van der Waals surface area (Å²) in [5, 5.41) is 0. The van der Waals surface area contributed by atoms with Crippen molar-refractivity contribution in [3.05, 3.63) is 11.6 Å². The quantitative estimate of drug-likeness (QED) is 0.262. The first kappa shape index (κ1) is 6.01. The van der Waals surface area contributed by atoms with Gasteiger partial charge in [0.1, 0.15) is 5.57 Å². The van der Waals surface area contributed by atoms with E-state index < -0.39 is 5.97 Å². The van der Waals surface area contributed by atoms with Gasteiger partial charge in [-0.2, -0.15) is 0 Å². The second-order valence-corrected chi connectivity index (χ2v) is 1.70. The number of cyclic esters (lactones) is 1. The van der Waals surface area contributed by atoms with E-state index in [0.717, 1.165) is 0 Å². The average molecular weight is 126 g/mol. The van der Waals surface area contributed by atoms with Gasteiger partial charge < -0.3 is 4.74 Å². The highest BCUT2D eigenvalue weighted by molar-refractivity contribution is 6.21. The molecular weight excluding hydrogens is 120 g/mol. The summed E-state index contributed by atoms with van der Waals surface area (Å²) in [5.74, 6) is -0.718. The van der Waals surface area contributed by atoms with Crippen molar-refractivity contribution >= 4 is 11.8 Å². The number of carbonyl (C=O) groups excluding carboxylic acids is 2. The number of carbonyl (C=O) groups is 2. The molecule has 3 heteroatoms. The van der Waals surface area contributed by atoms with Crippen molar-refractivity contribution in [3.63, 3.8) is 0 Å². The Morgan fingerprint density at radius 3 is 2.44 bits per heavy atom. The maximum absolute atomic E-state index is 10.6. The minimum atomic E-state index is -0.498. The molecule has 3 nitrogen and oxygen atoms in total. The molecule has 1 heterocycles. The van der Waals surface area contributed by atoms with Crippen LogP contribution in [0.5, 0.6) is 0 Å². The van der Waals surface area contributed by atoms with Gasteiger partial charge in [-0.3, -0.25) is 4.79 Å². The zero-order valence-corrected chi connectivity index (χ0v) is 5.01. The molecule has 1 rings (SSSR count). The molecule has 0 radical (unpaired) electrons. The molecule has 0 N–H and O–H groups in total. The maximum atomic E-state index is 10.6. The Morgan fingerprint density at radius 1 is 1.56 bits per heavy atom. The van der Waals surface area contributed by atoms with Gasteiger partial charge in [-0.1, -0.05) is 6.08 Å². The second-order valence-electron chi connectivity index (χ2n) is 1.70. The van der Waals surface area contributed by atoms with E-state index in [2.05, 4.69) is 4.74 Å². The van der Waals surface area contributed by atoms with Crippen LogP contribution in [0.4, 0.5) is 0 Å². The Balaban J connectivity index is 2.91. The van der Waals surface area contributed by atoms with Crippen LogP contribution in [0, 0.1) is 0 Å². The van der Waals surface area contributed by atoms with Crippen LogP contribution in [0.1, 0.15) is 6.92 Å². The van der Waals surface area contributed by atoms with Gasteiger partial charge in [0.2, 0.25) is 5.78 Å². The number of hydrogen-bond donors (Lipinski definition) is 0. The third kappa shape index (κ3) is 0.850. The molecular formula is C6H6O3. The summed E-state index contributed by atoms with van der Waals surface area (Å²) in [7, 11) is 0. The fourth-order valence-electron chi connectivity index (χ4n) is 0.679. The Bertz CT molecular complexity index is 172. The summed E-state index contributed by atoms with van der Waals surface area (Å²) in [6.45, 7) is 1.55.